The van der Waals surface area contributed by atoms with Crippen molar-refractivity contribution in [2.75, 3.05) is 0 Å². The number of aryl methyl sites for hydroxylation is 1. The van der Waals surface area contributed by atoms with E-state index in [9.17, 15) is 13.2 Å². The Hall–Kier alpha value is -0.990. The summed E-state index contributed by atoms with van der Waals surface area (Å²) >= 11 is 0. The molecule has 0 bridgehead atoms. The smallest absolute Gasteiger partial charge is 0.166 e. The molecule has 0 nitrogen and oxygen atoms in total. The molecule has 1 fully saturated rings. The quantitative estimate of drug-likeness (QED) is 0.645. The minimum atomic E-state index is -4.23. The first-order valence-electron chi connectivity index (χ1n) is 6.16. The standard InChI is InChI=1S/C14H17F3/c1-10-7-8-12(9-13(10)14(15,16)17)11-5-3-2-4-6-11/h7-9,11H,2-6H2,1H3. The summed E-state index contributed by atoms with van der Waals surface area (Å²) in [6, 6.07) is 4.82. The number of hydrogen-bond acceptors (Lipinski definition) is 0. The van der Waals surface area contributed by atoms with Crippen molar-refractivity contribution < 1.29 is 13.2 Å². The molecule has 0 heterocycles. The van der Waals surface area contributed by atoms with Gasteiger partial charge in [-0.15, -0.1) is 0 Å². The van der Waals surface area contributed by atoms with E-state index < -0.39 is 11.7 Å². The lowest BCUT2D eigenvalue weighted by Crippen LogP contribution is -2.10. The molecule has 2 rings (SSSR count). The van der Waals surface area contributed by atoms with Gasteiger partial charge in [0.25, 0.3) is 0 Å². The predicted octanol–water partition coefficient (Wildman–Crippen LogP) is 5.06. The van der Waals surface area contributed by atoms with Crippen molar-refractivity contribution in [1.29, 1.82) is 0 Å². The number of rotatable bonds is 1. The van der Waals surface area contributed by atoms with Gasteiger partial charge >= 0.3 is 6.18 Å². The number of alkyl halides is 3. The van der Waals surface area contributed by atoms with Crippen LogP contribution in [0.15, 0.2) is 18.2 Å². The second-order valence-electron chi connectivity index (χ2n) is 4.91. The van der Waals surface area contributed by atoms with Crippen molar-refractivity contribution in [3.63, 3.8) is 0 Å². The zero-order valence-electron chi connectivity index (χ0n) is 9.98. The fraction of sp³-hybridized carbons (Fsp3) is 0.571. The first kappa shape index (κ1) is 12.5. The minimum absolute atomic E-state index is 0.317. The first-order chi connectivity index (χ1) is 7.98. The molecular weight excluding hydrogens is 225 g/mol. The molecule has 0 N–H and O–H groups in total. The van der Waals surface area contributed by atoms with E-state index in [0.717, 1.165) is 31.2 Å². The molecule has 0 atom stereocenters. The normalized spacial score (nSPS) is 18.4. The lowest BCUT2D eigenvalue weighted by atomic mass is 9.83. The average Bonchev–Trinajstić information content (AvgIpc) is 2.29. The maximum Gasteiger partial charge on any atom is 0.416 e. The summed E-state index contributed by atoms with van der Waals surface area (Å²) < 4.78 is 38.4. The maximum atomic E-state index is 12.8. The third-order valence-corrected chi connectivity index (χ3v) is 3.64. The molecule has 1 aromatic rings. The largest absolute Gasteiger partial charge is 0.416 e. The van der Waals surface area contributed by atoms with Crippen molar-refractivity contribution >= 4 is 0 Å². The zero-order valence-corrected chi connectivity index (χ0v) is 9.98. The van der Waals surface area contributed by atoms with Crippen molar-refractivity contribution in [1.82, 2.24) is 0 Å². The molecule has 1 aromatic carbocycles. The summed E-state index contributed by atoms with van der Waals surface area (Å²) in [6.45, 7) is 1.52. The fourth-order valence-electron chi connectivity index (χ4n) is 2.63. The van der Waals surface area contributed by atoms with Gasteiger partial charge in [0.15, 0.2) is 0 Å². The Labute approximate surface area is 99.8 Å². The molecule has 1 saturated carbocycles. The molecule has 0 spiro atoms. The Morgan fingerprint density at radius 3 is 2.29 bits per heavy atom. The van der Waals surface area contributed by atoms with Crippen LogP contribution in [0.4, 0.5) is 13.2 Å². The third kappa shape index (κ3) is 2.82. The number of halogens is 3. The lowest BCUT2D eigenvalue weighted by Gasteiger charge is -2.23. The topological polar surface area (TPSA) is 0 Å². The van der Waals surface area contributed by atoms with Gasteiger partial charge in [-0.1, -0.05) is 31.4 Å². The molecular formula is C14H17F3. The van der Waals surface area contributed by atoms with E-state index in [1.165, 1.54) is 19.4 Å². The molecule has 1 aliphatic carbocycles. The van der Waals surface area contributed by atoms with Gasteiger partial charge in [0.2, 0.25) is 0 Å². The molecule has 94 valence electrons. The van der Waals surface area contributed by atoms with Gasteiger partial charge in [-0.05, 0) is 42.9 Å². The van der Waals surface area contributed by atoms with Crippen LogP contribution in [0.2, 0.25) is 0 Å². The Bertz CT molecular complexity index is 387. The first-order valence-corrected chi connectivity index (χ1v) is 6.16. The van der Waals surface area contributed by atoms with Crippen LogP contribution in [0.1, 0.15) is 54.7 Å². The highest BCUT2D eigenvalue weighted by molar-refractivity contribution is 5.35. The summed E-state index contributed by atoms with van der Waals surface area (Å²) in [4.78, 5) is 0. The Balaban J connectivity index is 2.30. The van der Waals surface area contributed by atoms with E-state index in [-0.39, 0.29) is 0 Å². The van der Waals surface area contributed by atoms with E-state index in [0.29, 0.717) is 11.5 Å². The van der Waals surface area contributed by atoms with Crippen molar-refractivity contribution in [2.24, 2.45) is 0 Å². The zero-order chi connectivity index (χ0) is 12.5. The molecule has 0 aromatic heterocycles. The van der Waals surface area contributed by atoms with Crippen LogP contribution >= 0.6 is 0 Å². The Kier molecular flexibility index (Phi) is 3.45. The van der Waals surface area contributed by atoms with E-state index >= 15 is 0 Å². The van der Waals surface area contributed by atoms with Crippen LogP contribution < -0.4 is 0 Å². The molecule has 0 saturated heterocycles. The summed E-state index contributed by atoms with van der Waals surface area (Å²) in [5, 5.41) is 0. The van der Waals surface area contributed by atoms with Gasteiger partial charge in [0, 0.05) is 0 Å². The van der Waals surface area contributed by atoms with Crippen LogP contribution in [-0.4, -0.2) is 0 Å². The highest BCUT2D eigenvalue weighted by atomic mass is 19.4. The second kappa shape index (κ2) is 4.71. The fourth-order valence-corrected chi connectivity index (χ4v) is 2.63. The monoisotopic (exact) mass is 242 g/mol. The second-order valence-corrected chi connectivity index (χ2v) is 4.91. The average molecular weight is 242 g/mol. The molecule has 0 aliphatic heterocycles. The molecule has 0 amide bonds. The molecule has 3 heteroatoms. The molecule has 0 unspecified atom stereocenters. The van der Waals surface area contributed by atoms with Crippen LogP contribution in [0, 0.1) is 6.92 Å². The van der Waals surface area contributed by atoms with Gasteiger partial charge < -0.3 is 0 Å². The van der Waals surface area contributed by atoms with Crippen molar-refractivity contribution in [2.45, 2.75) is 51.1 Å². The third-order valence-electron chi connectivity index (χ3n) is 3.64. The van der Waals surface area contributed by atoms with Crippen LogP contribution in [0.3, 0.4) is 0 Å². The summed E-state index contributed by atoms with van der Waals surface area (Å²) in [6.07, 6.45) is 1.32. The van der Waals surface area contributed by atoms with Gasteiger partial charge in [0.1, 0.15) is 0 Å². The van der Waals surface area contributed by atoms with Crippen molar-refractivity contribution in [3.05, 3.63) is 34.9 Å². The summed E-state index contributed by atoms with van der Waals surface area (Å²) in [5.74, 6) is 0.324. The summed E-state index contributed by atoms with van der Waals surface area (Å²) in [7, 11) is 0. The number of benzene rings is 1. The molecule has 1 aliphatic rings. The van der Waals surface area contributed by atoms with Crippen molar-refractivity contribution in [3.8, 4) is 0 Å². The summed E-state index contributed by atoms with van der Waals surface area (Å²) in [5.41, 5.74) is 0.709. The highest BCUT2D eigenvalue weighted by Crippen LogP contribution is 2.37. The molecule has 17 heavy (non-hydrogen) atoms. The Morgan fingerprint density at radius 2 is 1.71 bits per heavy atom. The van der Waals surface area contributed by atoms with Gasteiger partial charge in [0.05, 0.1) is 5.56 Å². The van der Waals surface area contributed by atoms with Crippen LogP contribution in [-0.2, 0) is 6.18 Å². The maximum absolute atomic E-state index is 12.8. The van der Waals surface area contributed by atoms with E-state index in [1.54, 1.807) is 6.07 Å². The molecule has 0 radical (unpaired) electrons. The van der Waals surface area contributed by atoms with E-state index in [4.69, 9.17) is 0 Å². The Morgan fingerprint density at radius 1 is 1.06 bits per heavy atom. The van der Waals surface area contributed by atoms with Crippen LogP contribution in [0.25, 0.3) is 0 Å². The predicted molar refractivity (Wildman–Crippen MR) is 62.0 cm³/mol. The van der Waals surface area contributed by atoms with E-state index in [1.807, 2.05) is 6.07 Å². The minimum Gasteiger partial charge on any atom is -0.166 e. The van der Waals surface area contributed by atoms with Gasteiger partial charge in [-0.25, -0.2) is 0 Å². The lowest BCUT2D eigenvalue weighted by molar-refractivity contribution is -0.138. The van der Waals surface area contributed by atoms with Gasteiger partial charge in [-0.3, -0.25) is 0 Å². The number of hydrogen-bond donors (Lipinski definition) is 0. The van der Waals surface area contributed by atoms with Gasteiger partial charge in [-0.2, -0.15) is 13.2 Å². The van der Waals surface area contributed by atoms with E-state index in [2.05, 4.69) is 0 Å². The van der Waals surface area contributed by atoms with Crippen LogP contribution in [0.5, 0.6) is 0 Å². The SMILES string of the molecule is Cc1ccc(C2CCCCC2)cc1C(F)(F)F. The highest BCUT2D eigenvalue weighted by Gasteiger charge is 2.33.